The molecule has 1 heterocycles. The summed E-state index contributed by atoms with van der Waals surface area (Å²) in [6, 6.07) is 1.91. The highest BCUT2D eigenvalue weighted by Crippen LogP contribution is 2.24. The summed E-state index contributed by atoms with van der Waals surface area (Å²) in [5.41, 5.74) is 13.5. The van der Waals surface area contributed by atoms with E-state index >= 15 is 0 Å². The van der Waals surface area contributed by atoms with Crippen molar-refractivity contribution in [1.82, 2.24) is 15.1 Å². The Morgan fingerprint density at radius 3 is 2.21 bits per heavy atom. The molecule has 0 aliphatic carbocycles. The van der Waals surface area contributed by atoms with Gasteiger partial charge in [0.25, 0.3) is 0 Å². The van der Waals surface area contributed by atoms with Crippen LogP contribution in [0.2, 0.25) is 0 Å². The molecule has 8 heteroatoms. The predicted molar refractivity (Wildman–Crippen MR) is 142 cm³/mol. The van der Waals surface area contributed by atoms with Crippen LogP contribution in [0.3, 0.4) is 0 Å². The van der Waals surface area contributed by atoms with Gasteiger partial charge in [0.15, 0.2) is 12.1 Å². The Kier molecular flexibility index (Phi) is 17.7. The number of aliphatic imine (C=N–C) groups is 1. The van der Waals surface area contributed by atoms with Gasteiger partial charge in [-0.3, -0.25) is 10.3 Å². The van der Waals surface area contributed by atoms with Gasteiger partial charge in [-0.1, -0.05) is 67.5 Å². The van der Waals surface area contributed by atoms with Crippen molar-refractivity contribution in [2.45, 2.75) is 74.0 Å². The van der Waals surface area contributed by atoms with Crippen LogP contribution in [0.4, 0.5) is 0 Å². The van der Waals surface area contributed by atoms with Crippen molar-refractivity contribution in [3.05, 3.63) is 42.1 Å². The number of methoxy groups -OCH3 is 2. The van der Waals surface area contributed by atoms with Crippen LogP contribution in [0, 0.1) is 5.41 Å². The Hall–Kier alpha value is -2.58. The molecule has 0 radical (unpaired) electrons. The number of rotatable bonds is 11. The second-order valence-corrected chi connectivity index (χ2v) is 8.17. The molecule has 0 aromatic carbocycles. The van der Waals surface area contributed by atoms with Gasteiger partial charge in [-0.25, -0.2) is 4.68 Å². The fourth-order valence-corrected chi connectivity index (χ4v) is 2.45. The molecule has 5 N–H and O–H groups in total. The average Bonchev–Trinajstić information content (AvgIpc) is 3.21. The Morgan fingerprint density at radius 2 is 1.85 bits per heavy atom. The standard InChI is InChI=1S/C18H31N5O.C5H11NO.C2H6/c1-8-9-10-14(20-6)16-11-15(22-23(16)13(2)19)17(24-7)21-12-18(3,4)5;1-3-4-5(6)7-2;1-2/h10-11,17,21H,2,6,8-9,12,19H2,1,3-5,7H3;4H,3,6H2,1-2H3;1-2H3/b14-10-;5-4+;. The van der Waals surface area contributed by atoms with Crippen molar-refractivity contribution in [3.8, 4) is 0 Å². The van der Waals surface area contributed by atoms with Crippen LogP contribution in [0.25, 0.3) is 11.5 Å². The van der Waals surface area contributed by atoms with Gasteiger partial charge in [0.05, 0.1) is 18.5 Å². The minimum Gasteiger partial charge on any atom is -0.483 e. The van der Waals surface area contributed by atoms with Gasteiger partial charge >= 0.3 is 0 Å². The molecule has 1 rings (SSSR count). The summed E-state index contributed by atoms with van der Waals surface area (Å²) in [5.74, 6) is 0.829. The molecular weight excluding hydrogens is 416 g/mol. The zero-order valence-electron chi connectivity index (χ0n) is 22.4. The van der Waals surface area contributed by atoms with E-state index in [0.29, 0.717) is 11.7 Å². The van der Waals surface area contributed by atoms with Crippen LogP contribution >= 0.6 is 0 Å². The van der Waals surface area contributed by atoms with Crippen molar-refractivity contribution in [1.29, 1.82) is 0 Å². The lowest BCUT2D eigenvalue weighted by atomic mass is 9.97. The van der Waals surface area contributed by atoms with E-state index in [1.807, 2.05) is 39.0 Å². The predicted octanol–water partition coefficient (Wildman–Crippen LogP) is 5.26. The maximum Gasteiger partial charge on any atom is 0.179 e. The summed E-state index contributed by atoms with van der Waals surface area (Å²) in [6.45, 7) is 22.8. The first-order chi connectivity index (χ1) is 15.5. The molecule has 1 unspecified atom stereocenters. The third-order valence-corrected chi connectivity index (χ3v) is 4.02. The molecule has 1 atom stereocenters. The van der Waals surface area contributed by atoms with Gasteiger partial charge in [0.2, 0.25) is 0 Å². The molecular formula is C25H48N6O2. The first-order valence-corrected chi connectivity index (χ1v) is 11.5. The van der Waals surface area contributed by atoms with Gasteiger partial charge in [-0.15, -0.1) is 0 Å². The number of hydrogen-bond acceptors (Lipinski definition) is 7. The summed E-state index contributed by atoms with van der Waals surface area (Å²) >= 11 is 0. The number of ether oxygens (including phenoxy) is 2. The minimum absolute atomic E-state index is 0.133. The molecule has 1 aromatic heterocycles. The van der Waals surface area contributed by atoms with Crippen LogP contribution < -0.4 is 16.8 Å². The maximum atomic E-state index is 5.89. The van der Waals surface area contributed by atoms with Crippen molar-refractivity contribution in [2.24, 2.45) is 21.9 Å². The molecule has 0 bridgehead atoms. The molecule has 0 fully saturated rings. The zero-order chi connectivity index (χ0) is 26.0. The van der Waals surface area contributed by atoms with E-state index in [-0.39, 0.29) is 11.6 Å². The van der Waals surface area contributed by atoms with Crippen molar-refractivity contribution < 1.29 is 9.47 Å². The molecule has 190 valence electrons. The van der Waals surface area contributed by atoms with E-state index in [2.05, 4.69) is 61.1 Å². The lowest BCUT2D eigenvalue weighted by molar-refractivity contribution is 0.0618. The number of nitrogens with two attached hydrogens (primary N) is 2. The summed E-state index contributed by atoms with van der Waals surface area (Å²) in [6.07, 6.45) is 6.37. The average molecular weight is 465 g/mol. The fraction of sp³-hybridized carbons (Fsp3) is 0.600. The topological polar surface area (TPSA) is 113 Å². The molecule has 33 heavy (non-hydrogen) atoms. The van der Waals surface area contributed by atoms with Crippen molar-refractivity contribution in [3.63, 3.8) is 0 Å². The zero-order valence-corrected chi connectivity index (χ0v) is 22.4. The summed E-state index contributed by atoms with van der Waals surface area (Å²) < 4.78 is 11.8. The van der Waals surface area contributed by atoms with Gasteiger partial charge in [-0.2, -0.15) is 5.10 Å². The first-order valence-electron chi connectivity index (χ1n) is 11.5. The molecule has 0 amide bonds. The second kappa shape index (κ2) is 17.9. The second-order valence-electron chi connectivity index (χ2n) is 8.17. The largest absolute Gasteiger partial charge is 0.483 e. The van der Waals surface area contributed by atoms with E-state index in [9.17, 15) is 0 Å². The smallest absolute Gasteiger partial charge is 0.179 e. The molecule has 1 aromatic rings. The van der Waals surface area contributed by atoms with Gasteiger partial charge in [-0.05, 0) is 37.1 Å². The summed E-state index contributed by atoms with van der Waals surface area (Å²) in [7, 11) is 3.21. The Morgan fingerprint density at radius 1 is 1.24 bits per heavy atom. The molecule has 0 spiro atoms. The molecule has 0 aliphatic rings. The number of hydrogen-bond donors (Lipinski definition) is 3. The normalized spacial score (nSPS) is 12.6. The van der Waals surface area contributed by atoms with Crippen LogP contribution in [-0.4, -0.2) is 37.3 Å². The van der Waals surface area contributed by atoms with Gasteiger partial charge in [0.1, 0.15) is 11.5 Å². The SMILES string of the molecule is C=N/C(=C\CCC)c1cc(C(NCC(C)(C)C)OC)nn1C(=C)N.CC.CC/C=C(\N)OC. The third kappa shape index (κ3) is 13.5. The van der Waals surface area contributed by atoms with Crippen molar-refractivity contribution in [2.75, 3.05) is 20.8 Å². The van der Waals surface area contributed by atoms with E-state index in [0.717, 1.165) is 42.9 Å². The Balaban J connectivity index is 0. The summed E-state index contributed by atoms with van der Waals surface area (Å²) in [5, 5.41) is 7.91. The highest BCUT2D eigenvalue weighted by atomic mass is 16.5. The lowest BCUT2D eigenvalue weighted by Crippen LogP contribution is -2.31. The highest BCUT2D eigenvalue weighted by Gasteiger charge is 2.21. The van der Waals surface area contributed by atoms with E-state index < -0.39 is 0 Å². The monoisotopic (exact) mass is 464 g/mol. The number of unbranched alkanes of at least 4 members (excludes halogenated alkanes) is 1. The number of aromatic nitrogens is 2. The molecule has 8 nitrogen and oxygen atoms in total. The fourth-order valence-electron chi connectivity index (χ4n) is 2.45. The van der Waals surface area contributed by atoms with Gasteiger partial charge < -0.3 is 20.9 Å². The number of nitrogens with zero attached hydrogens (tertiary/aromatic N) is 3. The van der Waals surface area contributed by atoms with Crippen LogP contribution in [0.15, 0.2) is 35.7 Å². The third-order valence-electron chi connectivity index (χ3n) is 4.02. The van der Waals surface area contributed by atoms with Crippen LogP contribution in [0.1, 0.15) is 85.3 Å². The number of nitrogens with one attached hydrogen (secondary N) is 1. The van der Waals surface area contributed by atoms with E-state index in [1.165, 1.54) is 0 Å². The molecule has 0 saturated heterocycles. The number of allylic oxidation sites excluding steroid dienone is 2. The quantitative estimate of drug-likeness (QED) is 0.234. The molecule has 0 aliphatic heterocycles. The molecule has 0 saturated carbocycles. The lowest BCUT2D eigenvalue weighted by Gasteiger charge is -2.23. The van der Waals surface area contributed by atoms with Crippen LogP contribution in [0.5, 0.6) is 0 Å². The maximum absolute atomic E-state index is 5.89. The van der Waals surface area contributed by atoms with E-state index in [4.69, 9.17) is 16.2 Å². The van der Waals surface area contributed by atoms with Crippen LogP contribution in [-0.2, 0) is 9.47 Å². The Bertz CT molecular complexity index is 745. The van der Waals surface area contributed by atoms with E-state index in [1.54, 1.807) is 18.9 Å². The first kappa shape index (κ1) is 32.6. The minimum atomic E-state index is -0.333. The summed E-state index contributed by atoms with van der Waals surface area (Å²) in [4.78, 5) is 4.11. The Labute approximate surface area is 201 Å². The van der Waals surface area contributed by atoms with Gasteiger partial charge in [0, 0.05) is 13.7 Å². The van der Waals surface area contributed by atoms with Crippen molar-refractivity contribution >= 4 is 18.2 Å². The highest BCUT2D eigenvalue weighted by molar-refractivity contribution is 5.68.